The highest BCUT2D eigenvalue weighted by Crippen LogP contribution is 2.19. The Hall–Kier alpha value is -2.55. The molecule has 0 radical (unpaired) electrons. The molecule has 7 nitrogen and oxygen atoms in total. The van der Waals surface area contributed by atoms with Crippen molar-refractivity contribution in [1.29, 1.82) is 0 Å². The van der Waals surface area contributed by atoms with Crippen LogP contribution >= 0.6 is 0 Å². The van der Waals surface area contributed by atoms with Crippen LogP contribution < -0.4 is 0 Å². The average molecular weight is 387 g/mol. The highest BCUT2D eigenvalue weighted by atomic mass is 32.2. The van der Waals surface area contributed by atoms with Crippen LogP contribution in [0.3, 0.4) is 0 Å². The zero-order chi connectivity index (χ0) is 19.4. The van der Waals surface area contributed by atoms with E-state index in [1.807, 2.05) is 36.0 Å². The van der Waals surface area contributed by atoms with Gasteiger partial charge in [0.05, 0.1) is 24.4 Å². The molecule has 0 amide bonds. The van der Waals surface area contributed by atoms with Crippen molar-refractivity contribution < 1.29 is 18.3 Å². The molecule has 3 rings (SSSR count). The molecular weight excluding hydrogens is 366 g/mol. The van der Waals surface area contributed by atoms with Crippen LogP contribution in [0.1, 0.15) is 28.4 Å². The first kappa shape index (κ1) is 19.2. The number of hydrogen-bond donors (Lipinski definition) is 1. The lowest BCUT2D eigenvalue weighted by atomic mass is 10.1. The number of methoxy groups -OCH3 is 1. The summed E-state index contributed by atoms with van der Waals surface area (Å²) in [4.78, 5) is 11.5. The van der Waals surface area contributed by atoms with E-state index in [1.54, 1.807) is 24.3 Å². The Balaban J connectivity index is 1.78. The number of benzene rings is 2. The number of ether oxygens (including phenoxy) is 1. The Bertz CT molecular complexity index is 969. The number of nitrogens with zero attached hydrogens (tertiary/aromatic N) is 3. The third-order valence-electron chi connectivity index (χ3n) is 4.32. The normalized spacial score (nSPS) is 12.4. The van der Waals surface area contributed by atoms with Gasteiger partial charge in [-0.25, -0.2) is 9.00 Å². The molecule has 1 atom stereocenters. The minimum absolute atomic E-state index is 0.273. The zero-order valence-corrected chi connectivity index (χ0v) is 16.0. The van der Waals surface area contributed by atoms with Crippen LogP contribution in [-0.4, -0.2) is 35.9 Å². The van der Waals surface area contributed by atoms with Crippen molar-refractivity contribution in [2.24, 2.45) is 0 Å². The van der Waals surface area contributed by atoms with E-state index in [4.69, 9.17) is 0 Å². The molecule has 142 valence electrons. The summed E-state index contributed by atoms with van der Waals surface area (Å²) in [5.74, 6) is -0.412. The maximum Gasteiger partial charge on any atom is 0.337 e. The second-order valence-corrected chi connectivity index (χ2v) is 7.05. The summed E-state index contributed by atoms with van der Waals surface area (Å²) >= 11 is -2.13. The molecule has 1 N–H and O–H groups in total. The Morgan fingerprint density at radius 2 is 1.85 bits per heavy atom. The number of esters is 1. The molecule has 0 saturated heterocycles. The third-order valence-corrected chi connectivity index (χ3v) is 5.02. The maximum atomic E-state index is 11.8. The molecule has 0 aliphatic rings. The Labute approximate surface area is 160 Å². The van der Waals surface area contributed by atoms with Crippen molar-refractivity contribution in [3.05, 3.63) is 65.4 Å². The van der Waals surface area contributed by atoms with Gasteiger partial charge < -0.3 is 4.74 Å². The Morgan fingerprint density at radius 3 is 2.48 bits per heavy atom. The summed E-state index contributed by atoms with van der Waals surface area (Å²) in [5.41, 5.74) is 3.19. The molecule has 0 saturated carbocycles. The van der Waals surface area contributed by atoms with E-state index in [-0.39, 0.29) is 6.54 Å². The molecule has 1 aromatic heterocycles. The molecule has 0 aliphatic heterocycles. The van der Waals surface area contributed by atoms with Crippen molar-refractivity contribution in [2.45, 2.75) is 26.6 Å². The van der Waals surface area contributed by atoms with E-state index in [0.29, 0.717) is 12.1 Å². The predicted octanol–water partition coefficient (Wildman–Crippen LogP) is 2.98. The first-order valence-corrected chi connectivity index (χ1v) is 9.55. The SMILES string of the molecule is CCn1ncc2ccc(CN(Cc3ccc(C(=O)OC)cc3)S(=O)O)cc21. The van der Waals surface area contributed by atoms with Crippen LogP contribution in [0.25, 0.3) is 10.9 Å². The highest BCUT2D eigenvalue weighted by Gasteiger charge is 2.14. The minimum atomic E-state index is -2.13. The fraction of sp³-hybridized carbons (Fsp3) is 0.263. The van der Waals surface area contributed by atoms with Crippen LogP contribution in [0.2, 0.25) is 0 Å². The fourth-order valence-corrected chi connectivity index (χ4v) is 3.42. The van der Waals surface area contributed by atoms with Crippen molar-refractivity contribution in [1.82, 2.24) is 14.1 Å². The van der Waals surface area contributed by atoms with Crippen LogP contribution in [0, 0.1) is 0 Å². The molecule has 0 spiro atoms. The van der Waals surface area contributed by atoms with Gasteiger partial charge in [-0.2, -0.15) is 9.40 Å². The smallest absolute Gasteiger partial charge is 0.337 e. The number of aryl methyl sites for hydroxylation is 1. The third kappa shape index (κ3) is 4.41. The minimum Gasteiger partial charge on any atom is -0.465 e. The topological polar surface area (TPSA) is 84.7 Å². The number of rotatable bonds is 7. The van der Waals surface area contributed by atoms with Gasteiger partial charge in [-0.1, -0.05) is 24.3 Å². The molecule has 0 fully saturated rings. The van der Waals surface area contributed by atoms with E-state index in [0.717, 1.165) is 28.6 Å². The quantitative estimate of drug-likeness (QED) is 0.498. The monoisotopic (exact) mass is 387 g/mol. The molecule has 0 aliphatic carbocycles. The molecule has 8 heteroatoms. The van der Waals surface area contributed by atoms with Crippen molar-refractivity contribution in [3.8, 4) is 0 Å². The summed E-state index contributed by atoms with van der Waals surface area (Å²) in [7, 11) is 1.33. The Kier molecular flexibility index (Phi) is 6.00. The van der Waals surface area contributed by atoms with Crippen LogP contribution in [0.5, 0.6) is 0 Å². The second kappa shape index (κ2) is 8.43. The van der Waals surface area contributed by atoms with Gasteiger partial charge in [0.25, 0.3) is 0 Å². The van der Waals surface area contributed by atoms with E-state index in [9.17, 15) is 13.6 Å². The average Bonchev–Trinajstić information content (AvgIpc) is 3.09. The first-order valence-electron chi connectivity index (χ1n) is 8.49. The van der Waals surface area contributed by atoms with Crippen LogP contribution in [-0.2, 0) is 35.6 Å². The van der Waals surface area contributed by atoms with E-state index < -0.39 is 17.2 Å². The first-order chi connectivity index (χ1) is 13.0. The van der Waals surface area contributed by atoms with E-state index in [2.05, 4.69) is 9.84 Å². The van der Waals surface area contributed by atoms with Crippen molar-refractivity contribution >= 4 is 28.1 Å². The predicted molar refractivity (Wildman–Crippen MR) is 103 cm³/mol. The van der Waals surface area contributed by atoms with E-state index in [1.165, 1.54) is 11.4 Å². The number of carbonyl (C=O) groups is 1. The maximum absolute atomic E-state index is 11.8. The lowest BCUT2D eigenvalue weighted by Crippen LogP contribution is -2.24. The van der Waals surface area contributed by atoms with Gasteiger partial charge in [-0.3, -0.25) is 9.23 Å². The number of hydrogen-bond acceptors (Lipinski definition) is 4. The molecule has 27 heavy (non-hydrogen) atoms. The lowest BCUT2D eigenvalue weighted by Gasteiger charge is -2.18. The van der Waals surface area contributed by atoms with Crippen LogP contribution in [0.4, 0.5) is 0 Å². The molecule has 2 aromatic carbocycles. The number of fused-ring (bicyclic) bond motifs is 1. The van der Waals surface area contributed by atoms with Crippen molar-refractivity contribution in [3.63, 3.8) is 0 Å². The van der Waals surface area contributed by atoms with Gasteiger partial charge in [-0.05, 0) is 36.2 Å². The summed E-state index contributed by atoms with van der Waals surface area (Å²) in [6, 6.07) is 12.7. The summed E-state index contributed by atoms with van der Waals surface area (Å²) in [6.07, 6.45) is 1.81. The molecular formula is C19H21N3O4S. The molecule has 0 bridgehead atoms. The van der Waals surface area contributed by atoms with Gasteiger partial charge in [0.2, 0.25) is 11.3 Å². The highest BCUT2D eigenvalue weighted by molar-refractivity contribution is 7.76. The van der Waals surface area contributed by atoms with Gasteiger partial charge in [0.1, 0.15) is 0 Å². The Morgan fingerprint density at radius 1 is 1.19 bits per heavy atom. The molecule has 1 unspecified atom stereocenters. The second-order valence-electron chi connectivity index (χ2n) is 6.07. The van der Waals surface area contributed by atoms with Gasteiger partial charge >= 0.3 is 5.97 Å². The fourth-order valence-electron chi connectivity index (χ4n) is 2.90. The van der Waals surface area contributed by atoms with Gasteiger partial charge in [0.15, 0.2) is 0 Å². The standard InChI is InChI=1S/C19H21N3O4S/c1-3-22-18-10-15(6-9-17(18)11-20-22)13-21(27(24)25)12-14-4-7-16(8-5-14)19(23)26-2/h4-11H,3,12-13H2,1-2H3,(H,24,25). The van der Waals surface area contributed by atoms with Crippen molar-refractivity contribution in [2.75, 3.05) is 7.11 Å². The van der Waals surface area contributed by atoms with Gasteiger partial charge in [0, 0.05) is 25.0 Å². The summed E-state index contributed by atoms with van der Waals surface area (Å²) in [6.45, 7) is 3.36. The van der Waals surface area contributed by atoms with Gasteiger partial charge in [-0.15, -0.1) is 0 Å². The summed E-state index contributed by atoms with van der Waals surface area (Å²) < 4.78 is 29.5. The lowest BCUT2D eigenvalue weighted by molar-refractivity contribution is 0.0600. The molecule has 3 aromatic rings. The summed E-state index contributed by atoms with van der Waals surface area (Å²) in [5, 5.41) is 5.36. The number of carbonyl (C=O) groups excluding carboxylic acids is 1. The zero-order valence-electron chi connectivity index (χ0n) is 15.2. The largest absolute Gasteiger partial charge is 0.465 e. The number of aromatic nitrogens is 2. The molecule has 1 heterocycles. The van der Waals surface area contributed by atoms with E-state index >= 15 is 0 Å². The van der Waals surface area contributed by atoms with Crippen LogP contribution in [0.15, 0.2) is 48.7 Å².